The Morgan fingerprint density at radius 1 is 1.47 bits per heavy atom. The van der Waals surface area contributed by atoms with Crippen LogP contribution < -0.4 is 5.32 Å². The van der Waals surface area contributed by atoms with Gasteiger partial charge in [-0.25, -0.2) is 4.98 Å². The smallest absolute Gasteiger partial charge is 0.270 e. The van der Waals surface area contributed by atoms with Gasteiger partial charge in [0.25, 0.3) is 5.91 Å². The van der Waals surface area contributed by atoms with E-state index in [9.17, 15) is 4.79 Å². The number of nitrogens with zero attached hydrogens (tertiary/aromatic N) is 1. The summed E-state index contributed by atoms with van der Waals surface area (Å²) in [7, 11) is 0. The predicted molar refractivity (Wildman–Crippen MR) is 70.2 cm³/mol. The zero-order chi connectivity index (χ0) is 12.1. The molecule has 0 aromatic carbocycles. The van der Waals surface area contributed by atoms with Crippen molar-refractivity contribution < 1.29 is 4.79 Å². The van der Waals surface area contributed by atoms with E-state index in [-0.39, 0.29) is 5.91 Å². The first-order valence-corrected chi connectivity index (χ1v) is 7.36. The molecule has 1 heterocycles. The lowest BCUT2D eigenvalue weighted by Gasteiger charge is -2.25. The Morgan fingerprint density at radius 3 is 2.88 bits per heavy atom. The molecule has 17 heavy (non-hydrogen) atoms. The maximum atomic E-state index is 11.6. The van der Waals surface area contributed by atoms with Crippen LogP contribution in [0.4, 0.5) is 0 Å². The molecule has 0 saturated heterocycles. The summed E-state index contributed by atoms with van der Waals surface area (Å²) in [5, 5.41) is 4.74. The second-order valence-corrected chi connectivity index (χ2v) is 5.76. The average molecular weight is 252 g/mol. The van der Waals surface area contributed by atoms with E-state index in [1.54, 1.807) is 10.9 Å². The van der Waals surface area contributed by atoms with E-state index in [1.165, 1.54) is 37.0 Å². The molecule has 1 saturated carbocycles. The van der Waals surface area contributed by atoms with Gasteiger partial charge in [-0.1, -0.05) is 32.6 Å². The number of carbonyl (C=O) groups is 1. The Labute approximate surface area is 107 Å². The Hall–Kier alpha value is -0.900. The molecule has 1 N–H and O–H groups in total. The van der Waals surface area contributed by atoms with Gasteiger partial charge in [0.05, 0.1) is 5.51 Å². The van der Waals surface area contributed by atoms with Gasteiger partial charge < -0.3 is 5.32 Å². The lowest BCUT2D eigenvalue weighted by molar-refractivity contribution is 0.0945. The van der Waals surface area contributed by atoms with Crippen molar-refractivity contribution in [1.29, 1.82) is 0 Å². The monoisotopic (exact) mass is 252 g/mol. The first-order chi connectivity index (χ1) is 8.25. The highest BCUT2D eigenvalue weighted by molar-refractivity contribution is 7.07. The molecular weight excluding hydrogens is 232 g/mol. The van der Waals surface area contributed by atoms with Gasteiger partial charge in [-0.2, -0.15) is 0 Å². The van der Waals surface area contributed by atoms with Crippen LogP contribution in [0, 0.1) is 11.8 Å². The number of nitrogens with one attached hydrogen (secondary N) is 1. The van der Waals surface area contributed by atoms with Crippen LogP contribution in [0.5, 0.6) is 0 Å². The molecule has 4 heteroatoms. The Balaban J connectivity index is 1.64. The average Bonchev–Trinajstić information content (AvgIpc) is 2.85. The molecule has 1 fully saturated rings. The lowest BCUT2D eigenvalue weighted by Crippen LogP contribution is -2.27. The minimum Gasteiger partial charge on any atom is -0.351 e. The van der Waals surface area contributed by atoms with E-state index in [2.05, 4.69) is 17.2 Å². The molecule has 1 aromatic rings. The van der Waals surface area contributed by atoms with Crippen molar-refractivity contribution in [2.45, 2.75) is 39.0 Å². The van der Waals surface area contributed by atoms with Crippen molar-refractivity contribution in [3.8, 4) is 0 Å². The molecule has 0 aliphatic heterocycles. The van der Waals surface area contributed by atoms with Crippen molar-refractivity contribution in [1.82, 2.24) is 10.3 Å². The normalized spacial score (nSPS) is 24.5. The quantitative estimate of drug-likeness (QED) is 0.894. The molecule has 3 nitrogen and oxygen atoms in total. The molecule has 0 spiro atoms. The van der Waals surface area contributed by atoms with Crippen LogP contribution in [0.25, 0.3) is 0 Å². The van der Waals surface area contributed by atoms with Gasteiger partial charge >= 0.3 is 0 Å². The predicted octanol–water partition coefficient (Wildman–Crippen LogP) is 3.09. The fourth-order valence-corrected chi connectivity index (χ4v) is 2.95. The van der Waals surface area contributed by atoms with Crippen molar-refractivity contribution in [3.05, 3.63) is 16.6 Å². The third-order valence-corrected chi connectivity index (χ3v) is 4.22. The fourth-order valence-electron chi connectivity index (χ4n) is 2.42. The number of rotatable bonds is 4. The number of carbonyl (C=O) groups excluding carboxylic acids is 1. The van der Waals surface area contributed by atoms with Crippen molar-refractivity contribution in [2.24, 2.45) is 11.8 Å². The Morgan fingerprint density at radius 2 is 2.24 bits per heavy atom. The number of hydrogen-bond donors (Lipinski definition) is 1. The van der Waals surface area contributed by atoms with Crippen LogP contribution >= 0.6 is 11.3 Å². The highest BCUT2D eigenvalue weighted by Gasteiger charge is 2.18. The third-order valence-electron chi connectivity index (χ3n) is 3.64. The maximum Gasteiger partial charge on any atom is 0.270 e. The summed E-state index contributed by atoms with van der Waals surface area (Å²) < 4.78 is 0. The summed E-state index contributed by atoms with van der Waals surface area (Å²) in [4.78, 5) is 15.6. The van der Waals surface area contributed by atoms with Crippen LogP contribution in [0.3, 0.4) is 0 Å². The fraction of sp³-hybridized carbons (Fsp3) is 0.692. The highest BCUT2D eigenvalue weighted by atomic mass is 32.1. The summed E-state index contributed by atoms with van der Waals surface area (Å²) in [6.45, 7) is 3.12. The molecule has 0 unspecified atom stereocenters. The standard InChI is InChI=1S/C13H20N2OS/c1-10-2-4-11(5-3-10)6-7-14-13(16)12-8-17-9-15-12/h8-11H,2-7H2,1H3,(H,14,16). The van der Waals surface area contributed by atoms with Gasteiger partial charge in [-0.15, -0.1) is 11.3 Å². The number of hydrogen-bond acceptors (Lipinski definition) is 3. The van der Waals surface area contributed by atoms with Crippen molar-refractivity contribution >= 4 is 17.2 Å². The van der Waals surface area contributed by atoms with E-state index >= 15 is 0 Å². The number of aromatic nitrogens is 1. The van der Waals surface area contributed by atoms with E-state index < -0.39 is 0 Å². The maximum absolute atomic E-state index is 11.6. The summed E-state index contributed by atoms with van der Waals surface area (Å²) >= 11 is 1.46. The van der Waals surface area contributed by atoms with Gasteiger partial charge in [0.15, 0.2) is 0 Å². The van der Waals surface area contributed by atoms with E-state index in [4.69, 9.17) is 0 Å². The lowest BCUT2D eigenvalue weighted by atomic mass is 9.81. The topological polar surface area (TPSA) is 42.0 Å². The van der Waals surface area contributed by atoms with Gasteiger partial charge in [0, 0.05) is 11.9 Å². The first-order valence-electron chi connectivity index (χ1n) is 6.42. The van der Waals surface area contributed by atoms with Crippen molar-refractivity contribution in [2.75, 3.05) is 6.54 Å². The number of amides is 1. The van der Waals surface area contributed by atoms with Gasteiger partial charge in [-0.3, -0.25) is 4.79 Å². The Bertz CT molecular complexity index is 342. The second kappa shape index (κ2) is 6.15. The molecule has 2 rings (SSSR count). The zero-order valence-corrected chi connectivity index (χ0v) is 11.1. The summed E-state index contributed by atoms with van der Waals surface area (Å²) in [6.07, 6.45) is 6.47. The molecule has 0 atom stereocenters. The van der Waals surface area contributed by atoms with Crippen LogP contribution in [0.15, 0.2) is 10.9 Å². The highest BCUT2D eigenvalue weighted by Crippen LogP contribution is 2.29. The van der Waals surface area contributed by atoms with Crippen molar-refractivity contribution in [3.63, 3.8) is 0 Å². The molecule has 1 aliphatic carbocycles. The van der Waals surface area contributed by atoms with E-state index in [1.807, 2.05) is 0 Å². The van der Waals surface area contributed by atoms with Crippen LogP contribution in [0.2, 0.25) is 0 Å². The first kappa shape index (κ1) is 12.6. The summed E-state index contributed by atoms with van der Waals surface area (Å²) in [5.74, 6) is 1.67. The molecule has 1 amide bonds. The molecule has 1 aliphatic rings. The molecule has 1 aromatic heterocycles. The number of thiazole rings is 1. The van der Waals surface area contributed by atoms with Gasteiger partial charge in [-0.05, 0) is 18.3 Å². The molecule has 94 valence electrons. The largest absolute Gasteiger partial charge is 0.351 e. The molecular formula is C13H20N2OS. The van der Waals surface area contributed by atoms with Gasteiger partial charge in [0.2, 0.25) is 0 Å². The minimum atomic E-state index is -0.0320. The SMILES string of the molecule is CC1CCC(CCNC(=O)c2cscn2)CC1. The third kappa shape index (κ3) is 3.80. The minimum absolute atomic E-state index is 0.0320. The van der Waals surface area contributed by atoms with Crippen LogP contribution in [0.1, 0.15) is 49.5 Å². The second-order valence-electron chi connectivity index (χ2n) is 5.04. The van der Waals surface area contributed by atoms with Crippen LogP contribution in [-0.2, 0) is 0 Å². The molecule has 0 bridgehead atoms. The van der Waals surface area contributed by atoms with Crippen LogP contribution in [-0.4, -0.2) is 17.4 Å². The zero-order valence-electron chi connectivity index (χ0n) is 10.3. The molecule has 0 radical (unpaired) electrons. The van der Waals surface area contributed by atoms with E-state index in [0.29, 0.717) is 5.69 Å². The Kier molecular flexibility index (Phi) is 4.54. The summed E-state index contributed by atoms with van der Waals surface area (Å²) in [5.41, 5.74) is 2.24. The van der Waals surface area contributed by atoms with E-state index in [0.717, 1.165) is 24.8 Å². The van der Waals surface area contributed by atoms with Gasteiger partial charge in [0.1, 0.15) is 5.69 Å². The summed E-state index contributed by atoms with van der Waals surface area (Å²) in [6, 6.07) is 0.